The van der Waals surface area contributed by atoms with Crippen LogP contribution in [-0.4, -0.2) is 53.5 Å². The number of carbonyl (C=O) groups excluding carboxylic acids is 1. The Morgan fingerprint density at radius 3 is 2.57 bits per heavy atom. The van der Waals surface area contributed by atoms with Gasteiger partial charge in [0.05, 0.1) is 12.1 Å². The number of nitrogens with zero attached hydrogens (tertiary/aromatic N) is 2. The van der Waals surface area contributed by atoms with Gasteiger partial charge in [-0.3, -0.25) is 9.69 Å². The number of carbonyl (C=O) groups is 1. The third-order valence-electron chi connectivity index (χ3n) is 7.81. The van der Waals surface area contributed by atoms with Crippen molar-refractivity contribution in [2.75, 3.05) is 19.6 Å². The Morgan fingerprint density at radius 1 is 1.03 bits per heavy atom. The fourth-order valence-electron chi connectivity index (χ4n) is 6.41. The molecule has 2 aromatic rings. The van der Waals surface area contributed by atoms with Gasteiger partial charge in [-0.15, -0.1) is 0 Å². The molecule has 0 radical (unpaired) electrons. The number of amides is 1. The van der Waals surface area contributed by atoms with Crippen LogP contribution in [-0.2, 0) is 4.79 Å². The summed E-state index contributed by atoms with van der Waals surface area (Å²) in [5.74, 6) is 3.09. The molecule has 5 fully saturated rings. The summed E-state index contributed by atoms with van der Waals surface area (Å²) in [6, 6.07) is 15.4. The van der Waals surface area contributed by atoms with Crippen LogP contribution in [0.15, 0.2) is 46.9 Å². The average Bonchev–Trinajstić information content (AvgIpc) is 3.53. The summed E-state index contributed by atoms with van der Waals surface area (Å²) in [5.41, 5.74) is 7.93. The van der Waals surface area contributed by atoms with E-state index in [-0.39, 0.29) is 18.0 Å². The molecule has 6 nitrogen and oxygen atoms in total. The Bertz CT molecular complexity index is 920. The van der Waals surface area contributed by atoms with Crippen molar-refractivity contribution in [1.29, 1.82) is 0 Å². The predicted molar refractivity (Wildman–Crippen MR) is 114 cm³/mol. The van der Waals surface area contributed by atoms with Gasteiger partial charge in [0, 0.05) is 18.5 Å². The lowest BCUT2D eigenvalue weighted by Gasteiger charge is -2.51. The lowest BCUT2D eigenvalue weighted by Crippen LogP contribution is -2.62. The van der Waals surface area contributed by atoms with Crippen molar-refractivity contribution in [3.63, 3.8) is 0 Å². The fourth-order valence-corrected chi connectivity index (χ4v) is 6.41. The number of hydrogen-bond acceptors (Lipinski definition) is 5. The third kappa shape index (κ3) is 2.93. The molecule has 5 saturated heterocycles. The highest BCUT2D eigenvalue weighted by atomic mass is 16.3. The van der Waals surface area contributed by atoms with Gasteiger partial charge in [-0.25, -0.2) is 10.9 Å². The molecule has 5 atom stereocenters. The normalized spacial score (nSPS) is 37.5. The maximum atomic E-state index is 13.7. The van der Waals surface area contributed by atoms with Crippen LogP contribution in [0, 0.1) is 12.8 Å². The number of hydrazine groups is 1. The van der Waals surface area contributed by atoms with E-state index in [1.165, 1.54) is 31.5 Å². The first-order chi connectivity index (χ1) is 14.7. The van der Waals surface area contributed by atoms with Crippen LogP contribution in [0.5, 0.6) is 0 Å². The Kier molecular flexibility index (Phi) is 4.48. The minimum atomic E-state index is -0.203. The van der Waals surface area contributed by atoms with Gasteiger partial charge in [-0.2, -0.15) is 0 Å². The molecule has 2 N–H and O–H groups in total. The first-order valence-corrected chi connectivity index (χ1v) is 11.4. The van der Waals surface area contributed by atoms with Crippen LogP contribution in [0.25, 0.3) is 0 Å². The molecule has 0 saturated carbocycles. The van der Waals surface area contributed by atoms with Crippen LogP contribution >= 0.6 is 0 Å². The molecule has 2 bridgehead atoms. The molecule has 0 spiro atoms. The van der Waals surface area contributed by atoms with E-state index in [9.17, 15) is 4.79 Å². The number of piperidine rings is 3. The number of benzene rings is 1. The Balaban J connectivity index is 1.25. The summed E-state index contributed by atoms with van der Waals surface area (Å²) in [4.78, 5) is 18.6. The molecule has 6 heteroatoms. The Labute approximate surface area is 177 Å². The molecular weight excluding hydrogens is 376 g/mol. The van der Waals surface area contributed by atoms with Gasteiger partial charge in [0.15, 0.2) is 0 Å². The van der Waals surface area contributed by atoms with E-state index in [1.807, 2.05) is 19.1 Å². The predicted octanol–water partition coefficient (Wildman–Crippen LogP) is 2.58. The molecule has 1 amide bonds. The molecule has 0 aliphatic carbocycles. The highest BCUT2D eigenvalue weighted by Crippen LogP contribution is 2.47. The molecule has 1 aromatic heterocycles. The molecule has 5 aliphatic heterocycles. The van der Waals surface area contributed by atoms with Crippen molar-refractivity contribution in [1.82, 2.24) is 20.7 Å². The summed E-state index contributed by atoms with van der Waals surface area (Å²) in [5, 5.41) is 0. The minimum absolute atomic E-state index is 0.0440. The smallest absolute Gasteiger partial charge is 0.241 e. The van der Waals surface area contributed by atoms with Gasteiger partial charge < -0.3 is 9.32 Å². The Hall–Kier alpha value is -2.15. The van der Waals surface area contributed by atoms with Crippen LogP contribution in [0.4, 0.5) is 0 Å². The highest BCUT2D eigenvalue weighted by Gasteiger charge is 2.55. The summed E-state index contributed by atoms with van der Waals surface area (Å²) in [7, 11) is 0. The van der Waals surface area contributed by atoms with Gasteiger partial charge in [-0.05, 0) is 62.9 Å². The van der Waals surface area contributed by atoms with Gasteiger partial charge in [0.25, 0.3) is 0 Å². The number of hydrogen-bond donors (Lipinski definition) is 2. The van der Waals surface area contributed by atoms with E-state index < -0.39 is 0 Å². The van der Waals surface area contributed by atoms with Gasteiger partial charge in [0.1, 0.15) is 17.6 Å². The number of aryl methyl sites for hydroxylation is 1. The van der Waals surface area contributed by atoms with Crippen molar-refractivity contribution in [3.05, 3.63) is 59.5 Å². The SMILES string of the molecule is Cc1ccc(C2CC(C(=O)N3C[C@H](c4ccccc4)[C@H]4[C@@H]3C3CCN4CC3)NN2)o1. The largest absolute Gasteiger partial charge is 0.465 e. The summed E-state index contributed by atoms with van der Waals surface area (Å²) < 4.78 is 5.79. The van der Waals surface area contributed by atoms with Crippen LogP contribution in [0.3, 0.4) is 0 Å². The van der Waals surface area contributed by atoms with Crippen molar-refractivity contribution in [2.24, 2.45) is 5.92 Å². The van der Waals surface area contributed by atoms with E-state index >= 15 is 0 Å². The maximum Gasteiger partial charge on any atom is 0.241 e. The molecule has 6 heterocycles. The highest BCUT2D eigenvalue weighted by molar-refractivity contribution is 5.83. The van der Waals surface area contributed by atoms with E-state index in [2.05, 4.69) is 51.0 Å². The van der Waals surface area contributed by atoms with Gasteiger partial charge in [0.2, 0.25) is 5.91 Å². The Morgan fingerprint density at radius 2 is 1.83 bits per heavy atom. The monoisotopic (exact) mass is 406 g/mol. The summed E-state index contributed by atoms with van der Waals surface area (Å²) in [6.45, 7) is 5.14. The standard InChI is InChI=1S/C24H30N4O2/c1-15-7-8-21(30-15)19-13-20(26-25-19)24(29)28-14-18(16-5-3-2-4-6-16)23-22(28)17-9-11-27(23)12-10-17/h2-8,17-20,22-23,25-26H,9-14H2,1H3/t18-,19?,20?,22+,23+/m1/s1. The lowest BCUT2D eigenvalue weighted by molar-refractivity contribution is -0.138. The van der Waals surface area contributed by atoms with Crippen LogP contribution in [0.2, 0.25) is 0 Å². The maximum absolute atomic E-state index is 13.7. The van der Waals surface area contributed by atoms with Gasteiger partial charge in [-0.1, -0.05) is 30.3 Å². The second-order valence-corrected chi connectivity index (χ2v) is 9.44. The first kappa shape index (κ1) is 18.6. The number of rotatable bonds is 3. The van der Waals surface area contributed by atoms with E-state index in [1.54, 1.807) is 0 Å². The van der Waals surface area contributed by atoms with Crippen LogP contribution < -0.4 is 10.9 Å². The molecule has 5 aliphatic rings. The first-order valence-electron chi connectivity index (χ1n) is 11.4. The zero-order valence-corrected chi connectivity index (χ0v) is 17.5. The molecule has 7 rings (SSSR count). The molecule has 1 aromatic carbocycles. The number of nitrogens with one attached hydrogen (secondary N) is 2. The summed E-state index contributed by atoms with van der Waals surface area (Å²) in [6.07, 6.45) is 3.16. The van der Waals surface area contributed by atoms with Crippen LogP contribution in [0.1, 0.15) is 48.3 Å². The average molecular weight is 407 g/mol. The number of fused-ring (bicyclic) bond motifs is 2. The second kappa shape index (κ2) is 7.22. The molecule has 2 unspecified atom stereocenters. The van der Waals surface area contributed by atoms with Gasteiger partial charge >= 0.3 is 0 Å². The fraction of sp³-hybridized carbons (Fsp3) is 0.542. The lowest BCUT2D eigenvalue weighted by atomic mass is 9.75. The second-order valence-electron chi connectivity index (χ2n) is 9.44. The zero-order chi connectivity index (χ0) is 20.2. The van der Waals surface area contributed by atoms with Crippen molar-refractivity contribution in [2.45, 2.75) is 56.3 Å². The van der Waals surface area contributed by atoms with Crippen molar-refractivity contribution >= 4 is 5.91 Å². The van der Waals surface area contributed by atoms with E-state index in [0.29, 0.717) is 23.9 Å². The summed E-state index contributed by atoms with van der Waals surface area (Å²) >= 11 is 0. The third-order valence-corrected chi connectivity index (χ3v) is 7.81. The van der Waals surface area contributed by atoms with Crippen molar-refractivity contribution < 1.29 is 9.21 Å². The zero-order valence-electron chi connectivity index (χ0n) is 17.5. The molecule has 158 valence electrons. The number of likely N-dealkylation sites (tertiary alicyclic amines) is 1. The van der Waals surface area contributed by atoms with E-state index in [4.69, 9.17) is 4.42 Å². The van der Waals surface area contributed by atoms with Crippen molar-refractivity contribution in [3.8, 4) is 0 Å². The molecule has 30 heavy (non-hydrogen) atoms. The molecular formula is C24H30N4O2. The topological polar surface area (TPSA) is 60.8 Å². The minimum Gasteiger partial charge on any atom is -0.465 e. The quantitative estimate of drug-likeness (QED) is 0.821. The van der Waals surface area contributed by atoms with E-state index in [0.717, 1.165) is 24.5 Å². The number of furan rings is 1.